The maximum absolute atomic E-state index is 12.1. The maximum Gasteiger partial charge on any atom is 0.410 e. The fourth-order valence-electron chi connectivity index (χ4n) is 2.36. The first-order valence-corrected chi connectivity index (χ1v) is 6.62. The number of carbonyl (C=O) groups is 1. The molecule has 0 aromatic rings. The summed E-state index contributed by atoms with van der Waals surface area (Å²) in [7, 11) is 0. The average Bonchev–Trinajstić information content (AvgIpc) is 2.25. The zero-order chi connectivity index (χ0) is 13.1. The molecule has 1 amide bonds. The smallest absolute Gasteiger partial charge is 0.410 e. The third-order valence-corrected chi connectivity index (χ3v) is 3.11. The normalized spacial score (nSPS) is 25.8. The highest BCUT2D eigenvalue weighted by Crippen LogP contribution is 2.19. The Kier molecular flexibility index (Phi) is 4.80. The second-order valence-corrected chi connectivity index (χ2v) is 5.62. The van der Waals surface area contributed by atoms with E-state index in [0.29, 0.717) is 6.04 Å². The van der Waals surface area contributed by atoms with Gasteiger partial charge < -0.3 is 15.0 Å². The lowest BCUT2D eigenvalue weighted by molar-refractivity contribution is 0.00488. The number of nitrogens with one attached hydrogen (secondary N) is 1. The highest BCUT2D eigenvalue weighted by atomic mass is 16.6. The van der Waals surface area contributed by atoms with Crippen molar-refractivity contribution in [2.75, 3.05) is 13.1 Å². The minimum absolute atomic E-state index is 0.177. The maximum atomic E-state index is 12.1. The number of ether oxygens (including phenoxy) is 1. The van der Waals surface area contributed by atoms with Crippen molar-refractivity contribution in [3.63, 3.8) is 0 Å². The molecule has 4 heteroatoms. The van der Waals surface area contributed by atoms with Gasteiger partial charge in [-0.15, -0.1) is 0 Å². The lowest BCUT2D eigenvalue weighted by atomic mass is 9.99. The summed E-state index contributed by atoms with van der Waals surface area (Å²) in [4.78, 5) is 14.0. The van der Waals surface area contributed by atoms with Gasteiger partial charge in [-0.1, -0.05) is 13.8 Å². The van der Waals surface area contributed by atoms with E-state index in [1.807, 2.05) is 25.7 Å². The number of nitrogens with zero attached hydrogens (tertiary/aromatic N) is 1. The molecule has 1 heterocycles. The Labute approximate surface area is 105 Å². The second kappa shape index (κ2) is 5.71. The van der Waals surface area contributed by atoms with E-state index >= 15 is 0 Å². The molecule has 0 bridgehead atoms. The van der Waals surface area contributed by atoms with Crippen LogP contribution in [0.3, 0.4) is 0 Å². The molecular formula is C13H26N2O2. The summed E-state index contributed by atoms with van der Waals surface area (Å²) >= 11 is 0. The van der Waals surface area contributed by atoms with Gasteiger partial charge in [0.05, 0.1) is 6.04 Å². The van der Waals surface area contributed by atoms with Gasteiger partial charge in [-0.2, -0.15) is 0 Å². The van der Waals surface area contributed by atoms with Crippen molar-refractivity contribution in [3.8, 4) is 0 Å². The first-order chi connectivity index (χ1) is 7.89. The molecule has 0 aromatic carbocycles. The third-order valence-electron chi connectivity index (χ3n) is 3.11. The molecule has 1 saturated heterocycles. The lowest BCUT2D eigenvalue weighted by Gasteiger charge is -2.41. The zero-order valence-corrected chi connectivity index (χ0v) is 11.7. The number of piperazine rings is 1. The van der Waals surface area contributed by atoms with Crippen molar-refractivity contribution in [3.05, 3.63) is 0 Å². The van der Waals surface area contributed by atoms with Crippen LogP contribution in [-0.2, 0) is 4.74 Å². The summed E-state index contributed by atoms with van der Waals surface area (Å²) in [5.74, 6) is 0. The quantitative estimate of drug-likeness (QED) is 0.808. The van der Waals surface area contributed by atoms with Gasteiger partial charge in [0.1, 0.15) is 5.60 Å². The van der Waals surface area contributed by atoms with Crippen LogP contribution in [-0.4, -0.2) is 41.8 Å². The summed E-state index contributed by atoms with van der Waals surface area (Å²) in [6, 6.07) is 0.643. The molecule has 0 spiro atoms. The average molecular weight is 242 g/mol. The zero-order valence-electron chi connectivity index (χ0n) is 11.7. The molecule has 0 radical (unpaired) electrons. The minimum Gasteiger partial charge on any atom is -0.444 e. The Morgan fingerprint density at radius 3 is 2.47 bits per heavy atom. The fourth-order valence-corrected chi connectivity index (χ4v) is 2.36. The molecule has 1 fully saturated rings. The Morgan fingerprint density at radius 2 is 2.00 bits per heavy atom. The molecule has 1 N–H and O–H groups in total. The molecule has 1 aliphatic heterocycles. The lowest BCUT2D eigenvalue weighted by Crippen LogP contribution is -2.59. The van der Waals surface area contributed by atoms with E-state index in [1.54, 1.807) is 0 Å². The summed E-state index contributed by atoms with van der Waals surface area (Å²) in [6.45, 7) is 11.6. The number of amides is 1. The molecule has 2 atom stereocenters. The van der Waals surface area contributed by atoms with E-state index in [0.717, 1.165) is 25.9 Å². The Bertz CT molecular complexity index is 261. The van der Waals surface area contributed by atoms with Crippen LogP contribution in [0.5, 0.6) is 0 Å². The number of carbonyl (C=O) groups excluding carboxylic acids is 1. The van der Waals surface area contributed by atoms with E-state index < -0.39 is 5.60 Å². The summed E-state index contributed by atoms with van der Waals surface area (Å²) in [5, 5.41) is 3.47. The van der Waals surface area contributed by atoms with Gasteiger partial charge in [-0.05, 0) is 33.6 Å². The molecule has 0 aromatic heterocycles. The molecular weight excluding hydrogens is 216 g/mol. The van der Waals surface area contributed by atoms with Gasteiger partial charge >= 0.3 is 6.09 Å². The van der Waals surface area contributed by atoms with E-state index in [4.69, 9.17) is 4.74 Å². The highest BCUT2D eigenvalue weighted by Gasteiger charge is 2.34. The van der Waals surface area contributed by atoms with Crippen molar-refractivity contribution >= 4 is 6.09 Å². The van der Waals surface area contributed by atoms with Gasteiger partial charge in [0.25, 0.3) is 0 Å². The van der Waals surface area contributed by atoms with E-state index in [2.05, 4.69) is 19.2 Å². The van der Waals surface area contributed by atoms with E-state index in [-0.39, 0.29) is 12.1 Å². The van der Waals surface area contributed by atoms with Crippen LogP contribution in [0.1, 0.15) is 47.5 Å². The predicted octanol–water partition coefficient (Wildman–Crippen LogP) is 2.38. The molecule has 0 saturated carbocycles. The van der Waals surface area contributed by atoms with Crippen LogP contribution < -0.4 is 5.32 Å². The van der Waals surface area contributed by atoms with Crippen LogP contribution >= 0.6 is 0 Å². The Balaban J connectivity index is 2.70. The molecule has 17 heavy (non-hydrogen) atoms. The fraction of sp³-hybridized carbons (Fsp3) is 0.923. The van der Waals surface area contributed by atoms with Crippen molar-refractivity contribution in [2.45, 2.75) is 65.1 Å². The van der Waals surface area contributed by atoms with Gasteiger partial charge in [0.2, 0.25) is 0 Å². The number of hydrogen-bond donors (Lipinski definition) is 1. The molecule has 100 valence electrons. The minimum atomic E-state index is -0.415. The van der Waals surface area contributed by atoms with E-state index in [9.17, 15) is 4.79 Å². The molecule has 1 rings (SSSR count). The van der Waals surface area contributed by atoms with Gasteiger partial charge in [0.15, 0.2) is 0 Å². The predicted molar refractivity (Wildman–Crippen MR) is 69.1 cm³/mol. The standard InChI is InChI=1S/C13H26N2O2/c1-6-10-11(7-2)15(9-8-14-10)12(16)17-13(3,4)5/h10-11,14H,6-9H2,1-5H3. The third kappa shape index (κ3) is 3.87. The van der Waals surface area contributed by atoms with Crippen LogP contribution in [0, 0.1) is 0 Å². The molecule has 0 aliphatic carbocycles. The SMILES string of the molecule is CCC1NCCN(C(=O)OC(C)(C)C)C1CC. The van der Waals surface area contributed by atoms with Crippen LogP contribution in [0.2, 0.25) is 0 Å². The number of hydrogen-bond acceptors (Lipinski definition) is 3. The van der Waals surface area contributed by atoms with E-state index in [1.165, 1.54) is 0 Å². The van der Waals surface area contributed by atoms with Gasteiger partial charge in [-0.25, -0.2) is 4.79 Å². The Hall–Kier alpha value is -0.770. The molecule has 4 nitrogen and oxygen atoms in total. The summed E-state index contributed by atoms with van der Waals surface area (Å²) in [5.41, 5.74) is -0.415. The van der Waals surface area contributed by atoms with Crippen molar-refractivity contribution < 1.29 is 9.53 Å². The number of rotatable bonds is 2. The monoisotopic (exact) mass is 242 g/mol. The second-order valence-electron chi connectivity index (χ2n) is 5.62. The highest BCUT2D eigenvalue weighted by molar-refractivity contribution is 5.68. The van der Waals surface area contributed by atoms with Gasteiger partial charge in [0, 0.05) is 19.1 Å². The largest absolute Gasteiger partial charge is 0.444 e. The first-order valence-electron chi connectivity index (χ1n) is 6.62. The Morgan fingerprint density at radius 1 is 1.35 bits per heavy atom. The van der Waals surface area contributed by atoms with Crippen LogP contribution in [0.4, 0.5) is 4.79 Å². The van der Waals surface area contributed by atoms with Crippen molar-refractivity contribution in [2.24, 2.45) is 0 Å². The summed E-state index contributed by atoms with van der Waals surface area (Å²) in [6.07, 6.45) is 1.83. The van der Waals surface area contributed by atoms with Crippen LogP contribution in [0.25, 0.3) is 0 Å². The van der Waals surface area contributed by atoms with Crippen molar-refractivity contribution in [1.82, 2.24) is 10.2 Å². The van der Waals surface area contributed by atoms with Gasteiger partial charge in [-0.3, -0.25) is 0 Å². The van der Waals surface area contributed by atoms with Crippen molar-refractivity contribution in [1.29, 1.82) is 0 Å². The topological polar surface area (TPSA) is 41.6 Å². The summed E-state index contributed by atoms with van der Waals surface area (Å²) < 4.78 is 5.46. The molecule has 2 unspecified atom stereocenters. The first kappa shape index (κ1) is 14.3. The van der Waals surface area contributed by atoms with Crippen LogP contribution in [0.15, 0.2) is 0 Å². The molecule has 1 aliphatic rings.